The van der Waals surface area contributed by atoms with Gasteiger partial charge < -0.3 is 14.8 Å². The average molecular weight is 307 g/mol. The molecule has 0 aliphatic carbocycles. The van der Waals surface area contributed by atoms with Crippen LogP contribution in [0.25, 0.3) is 0 Å². The van der Waals surface area contributed by atoms with Gasteiger partial charge in [0.1, 0.15) is 12.6 Å². The Labute approximate surface area is 129 Å². The molecule has 0 fully saturated rings. The van der Waals surface area contributed by atoms with Gasteiger partial charge in [-0.2, -0.15) is 0 Å². The summed E-state index contributed by atoms with van der Waals surface area (Å²) in [7, 11) is 0. The van der Waals surface area contributed by atoms with Crippen LogP contribution in [0.3, 0.4) is 0 Å². The van der Waals surface area contributed by atoms with Gasteiger partial charge in [0, 0.05) is 13.3 Å². The molecule has 22 heavy (non-hydrogen) atoms. The van der Waals surface area contributed by atoms with E-state index in [1.807, 2.05) is 30.3 Å². The third-order valence-corrected chi connectivity index (χ3v) is 2.83. The van der Waals surface area contributed by atoms with Crippen LogP contribution in [0.5, 0.6) is 0 Å². The Balaban J connectivity index is 2.52. The molecule has 0 heterocycles. The van der Waals surface area contributed by atoms with Crippen molar-refractivity contribution in [1.29, 1.82) is 0 Å². The molecule has 1 rings (SSSR count). The molecule has 0 radical (unpaired) electrons. The van der Waals surface area contributed by atoms with Crippen LogP contribution in [0.15, 0.2) is 30.3 Å². The van der Waals surface area contributed by atoms with Crippen LogP contribution in [0, 0.1) is 0 Å². The molecular weight excluding hydrogens is 286 g/mol. The Morgan fingerprint density at radius 1 is 1.14 bits per heavy atom. The fraction of sp³-hybridized carbons (Fsp3) is 0.438. The van der Waals surface area contributed by atoms with E-state index in [0.717, 1.165) is 5.56 Å². The number of hydrogen-bond acceptors (Lipinski definition) is 5. The second-order valence-corrected chi connectivity index (χ2v) is 4.69. The van der Waals surface area contributed by atoms with Gasteiger partial charge in [-0.25, -0.2) is 4.79 Å². The minimum absolute atomic E-state index is 0.0409. The highest BCUT2D eigenvalue weighted by atomic mass is 16.5. The smallest absolute Gasteiger partial charge is 0.328 e. The monoisotopic (exact) mass is 307 g/mol. The maximum Gasteiger partial charge on any atom is 0.328 e. The number of nitrogens with one attached hydrogen (secondary N) is 1. The summed E-state index contributed by atoms with van der Waals surface area (Å²) in [5.74, 6) is -1.33. The lowest BCUT2D eigenvalue weighted by atomic mass is 10.1. The summed E-state index contributed by atoms with van der Waals surface area (Å²) in [4.78, 5) is 34.5. The summed E-state index contributed by atoms with van der Waals surface area (Å²) in [5, 5.41) is 2.49. The largest absolute Gasteiger partial charge is 0.466 e. The fourth-order valence-electron chi connectivity index (χ4n) is 1.82. The summed E-state index contributed by atoms with van der Waals surface area (Å²) in [6, 6.07) is 8.36. The summed E-state index contributed by atoms with van der Waals surface area (Å²) in [6.07, 6.45) is 0.186. The number of esters is 2. The Kier molecular flexibility index (Phi) is 7.67. The maximum atomic E-state index is 12.0. The molecule has 0 saturated carbocycles. The van der Waals surface area contributed by atoms with Gasteiger partial charge in [0.25, 0.3) is 0 Å². The number of rotatable bonds is 8. The zero-order valence-electron chi connectivity index (χ0n) is 12.8. The zero-order chi connectivity index (χ0) is 16.4. The van der Waals surface area contributed by atoms with Gasteiger partial charge in [0.2, 0.25) is 5.91 Å². The van der Waals surface area contributed by atoms with Gasteiger partial charge in [-0.15, -0.1) is 0 Å². The first-order valence-corrected chi connectivity index (χ1v) is 7.16. The van der Waals surface area contributed by atoms with Crippen molar-refractivity contribution in [3.8, 4) is 0 Å². The molecular formula is C16H21NO5. The van der Waals surface area contributed by atoms with Crippen LogP contribution in [-0.4, -0.2) is 30.5 Å². The fourth-order valence-corrected chi connectivity index (χ4v) is 1.82. The molecule has 1 aromatic rings. The summed E-state index contributed by atoms with van der Waals surface area (Å²) in [5.41, 5.74) is 0.850. The molecule has 1 aromatic carbocycles. The van der Waals surface area contributed by atoms with Crippen LogP contribution in [0.4, 0.5) is 0 Å². The number of amides is 1. The van der Waals surface area contributed by atoms with E-state index in [0.29, 0.717) is 0 Å². The van der Waals surface area contributed by atoms with E-state index in [4.69, 9.17) is 9.47 Å². The third kappa shape index (κ3) is 6.88. The molecule has 1 N–H and O–H groups in total. The van der Waals surface area contributed by atoms with Crippen LogP contribution in [0.1, 0.15) is 32.3 Å². The minimum Gasteiger partial charge on any atom is -0.466 e. The third-order valence-electron chi connectivity index (χ3n) is 2.83. The topological polar surface area (TPSA) is 81.7 Å². The van der Waals surface area contributed by atoms with Crippen molar-refractivity contribution >= 4 is 17.8 Å². The van der Waals surface area contributed by atoms with Crippen molar-refractivity contribution < 1.29 is 23.9 Å². The van der Waals surface area contributed by atoms with E-state index in [1.165, 1.54) is 6.92 Å². The lowest BCUT2D eigenvalue weighted by Crippen LogP contribution is -2.41. The second kappa shape index (κ2) is 9.55. The van der Waals surface area contributed by atoms with Crippen LogP contribution in [-0.2, 0) is 30.5 Å². The van der Waals surface area contributed by atoms with Crippen molar-refractivity contribution in [3.05, 3.63) is 35.9 Å². The highest BCUT2D eigenvalue weighted by molar-refractivity contribution is 5.83. The molecule has 1 amide bonds. The van der Waals surface area contributed by atoms with Crippen LogP contribution in [0.2, 0.25) is 0 Å². The van der Waals surface area contributed by atoms with Gasteiger partial charge in [-0.1, -0.05) is 30.3 Å². The number of hydrogen-bond donors (Lipinski definition) is 1. The predicted molar refractivity (Wildman–Crippen MR) is 79.7 cm³/mol. The van der Waals surface area contributed by atoms with E-state index in [9.17, 15) is 14.4 Å². The van der Waals surface area contributed by atoms with Crippen molar-refractivity contribution in [2.24, 2.45) is 0 Å². The first kappa shape index (κ1) is 17.7. The quantitative estimate of drug-likeness (QED) is 0.737. The Morgan fingerprint density at radius 2 is 1.82 bits per heavy atom. The van der Waals surface area contributed by atoms with Gasteiger partial charge in [-0.05, 0) is 18.9 Å². The van der Waals surface area contributed by atoms with Crippen molar-refractivity contribution in [1.82, 2.24) is 5.32 Å². The normalized spacial score (nSPS) is 11.4. The van der Waals surface area contributed by atoms with Crippen molar-refractivity contribution in [2.45, 2.75) is 39.3 Å². The Bertz CT molecular complexity index is 501. The zero-order valence-corrected chi connectivity index (χ0v) is 12.8. The number of carbonyl (C=O) groups excluding carboxylic acids is 3. The number of ether oxygens (including phenoxy) is 2. The molecule has 0 saturated heterocycles. The highest BCUT2D eigenvalue weighted by Crippen LogP contribution is 2.06. The molecule has 1 atom stereocenters. The second-order valence-electron chi connectivity index (χ2n) is 4.69. The SMILES string of the molecule is CCOC(=O)CC[C@H](NC(C)=O)C(=O)OCc1ccccc1. The van der Waals surface area contributed by atoms with Gasteiger partial charge >= 0.3 is 11.9 Å². The van der Waals surface area contributed by atoms with E-state index in [2.05, 4.69) is 5.32 Å². The molecule has 6 heteroatoms. The Morgan fingerprint density at radius 3 is 2.41 bits per heavy atom. The van der Waals surface area contributed by atoms with E-state index in [-0.39, 0.29) is 32.0 Å². The predicted octanol–water partition coefficient (Wildman–Crippen LogP) is 1.58. The lowest BCUT2D eigenvalue weighted by Gasteiger charge is -2.16. The number of carbonyl (C=O) groups is 3. The van der Waals surface area contributed by atoms with E-state index < -0.39 is 18.0 Å². The molecule has 0 aliphatic rings. The molecule has 0 aliphatic heterocycles. The Hall–Kier alpha value is -2.37. The van der Waals surface area contributed by atoms with Gasteiger partial charge in [0.15, 0.2) is 0 Å². The molecule has 0 bridgehead atoms. The molecule has 0 aromatic heterocycles. The maximum absolute atomic E-state index is 12.0. The summed E-state index contributed by atoms with van der Waals surface area (Å²) in [6.45, 7) is 3.41. The molecule has 120 valence electrons. The number of benzene rings is 1. The molecule has 0 unspecified atom stereocenters. The average Bonchev–Trinajstić information content (AvgIpc) is 2.50. The lowest BCUT2D eigenvalue weighted by molar-refractivity contribution is -0.150. The molecule has 0 spiro atoms. The summed E-state index contributed by atoms with van der Waals surface area (Å²) >= 11 is 0. The van der Waals surface area contributed by atoms with Crippen LogP contribution < -0.4 is 5.32 Å². The van der Waals surface area contributed by atoms with Crippen molar-refractivity contribution in [2.75, 3.05) is 6.61 Å². The first-order valence-electron chi connectivity index (χ1n) is 7.16. The van der Waals surface area contributed by atoms with Crippen LogP contribution >= 0.6 is 0 Å². The summed E-state index contributed by atoms with van der Waals surface area (Å²) < 4.78 is 9.98. The van der Waals surface area contributed by atoms with E-state index in [1.54, 1.807) is 6.92 Å². The first-order chi connectivity index (χ1) is 10.5. The van der Waals surface area contributed by atoms with Gasteiger partial charge in [-0.3, -0.25) is 9.59 Å². The highest BCUT2D eigenvalue weighted by Gasteiger charge is 2.22. The standard InChI is InChI=1S/C16H21NO5/c1-3-21-15(19)10-9-14(17-12(2)18)16(20)22-11-13-7-5-4-6-8-13/h4-8,14H,3,9-11H2,1-2H3,(H,17,18)/t14-/m0/s1. The minimum atomic E-state index is -0.856. The molecule has 6 nitrogen and oxygen atoms in total. The van der Waals surface area contributed by atoms with E-state index >= 15 is 0 Å². The van der Waals surface area contributed by atoms with Crippen molar-refractivity contribution in [3.63, 3.8) is 0 Å². The van der Waals surface area contributed by atoms with Gasteiger partial charge in [0.05, 0.1) is 6.61 Å².